The first-order valence-corrected chi connectivity index (χ1v) is 11.3. The van der Waals surface area contributed by atoms with E-state index in [2.05, 4.69) is 5.32 Å². The van der Waals surface area contributed by atoms with Gasteiger partial charge in [0.25, 0.3) is 11.7 Å². The van der Waals surface area contributed by atoms with E-state index in [1.807, 2.05) is 38.1 Å². The van der Waals surface area contributed by atoms with Crippen molar-refractivity contribution in [2.75, 3.05) is 11.9 Å². The largest absolute Gasteiger partial charge is 0.484 e. The number of alkyl halides is 3. The average molecular weight is 511 g/mol. The zero-order valence-corrected chi connectivity index (χ0v) is 20.6. The SMILES string of the molecule is Cc1cc(C)cc(Oc2c(C(F)(F)F)oc3cc(OCC(=O)Nc4cc(C)ccc4C)ccc3c2=O)c1. The number of aryl methyl sites for hydroxylation is 4. The molecule has 1 aromatic heterocycles. The molecule has 1 amide bonds. The van der Waals surface area contributed by atoms with Crippen LogP contribution in [0.25, 0.3) is 11.0 Å². The Morgan fingerprint density at radius 1 is 0.892 bits per heavy atom. The molecule has 0 saturated heterocycles. The molecular formula is C28H24F3NO5. The number of benzene rings is 3. The Hall–Kier alpha value is -4.27. The van der Waals surface area contributed by atoms with Crippen molar-refractivity contribution in [2.45, 2.75) is 33.9 Å². The molecule has 192 valence electrons. The van der Waals surface area contributed by atoms with E-state index in [1.54, 1.807) is 13.8 Å². The summed E-state index contributed by atoms with van der Waals surface area (Å²) in [6.07, 6.45) is -5.00. The van der Waals surface area contributed by atoms with Crippen LogP contribution in [0.3, 0.4) is 0 Å². The summed E-state index contributed by atoms with van der Waals surface area (Å²) in [6, 6.07) is 14.3. The second-order valence-corrected chi connectivity index (χ2v) is 8.83. The van der Waals surface area contributed by atoms with E-state index in [-0.39, 0.29) is 22.5 Å². The maximum atomic E-state index is 13.8. The molecule has 6 nitrogen and oxygen atoms in total. The molecule has 9 heteroatoms. The van der Waals surface area contributed by atoms with E-state index in [9.17, 15) is 22.8 Å². The monoisotopic (exact) mass is 511 g/mol. The van der Waals surface area contributed by atoms with E-state index in [0.29, 0.717) is 5.69 Å². The summed E-state index contributed by atoms with van der Waals surface area (Å²) >= 11 is 0. The Bertz CT molecular complexity index is 1540. The molecule has 4 aromatic rings. The maximum Gasteiger partial charge on any atom is 0.453 e. The summed E-state index contributed by atoms with van der Waals surface area (Å²) in [7, 11) is 0. The fourth-order valence-corrected chi connectivity index (χ4v) is 3.84. The number of amides is 1. The van der Waals surface area contributed by atoms with Gasteiger partial charge in [-0.2, -0.15) is 13.2 Å². The highest BCUT2D eigenvalue weighted by Gasteiger charge is 2.40. The molecule has 0 radical (unpaired) electrons. The van der Waals surface area contributed by atoms with Gasteiger partial charge in [0, 0.05) is 11.8 Å². The number of anilines is 1. The quantitative estimate of drug-likeness (QED) is 0.306. The molecule has 0 aliphatic heterocycles. The summed E-state index contributed by atoms with van der Waals surface area (Å²) in [4.78, 5) is 25.4. The lowest BCUT2D eigenvalue weighted by Gasteiger charge is -2.14. The van der Waals surface area contributed by atoms with Gasteiger partial charge in [-0.15, -0.1) is 0 Å². The minimum absolute atomic E-state index is 0.0582. The Balaban J connectivity index is 1.62. The molecular weight excluding hydrogens is 487 g/mol. The van der Waals surface area contributed by atoms with Crippen molar-refractivity contribution in [3.63, 3.8) is 0 Å². The van der Waals surface area contributed by atoms with Crippen LogP contribution in [0.4, 0.5) is 18.9 Å². The predicted octanol–water partition coefficient (Wildman–Crippen LogP) is 6.86. The summed E-state index contributed by atoms with van der Waals surface area (Å²) in [5, 5.41) is 2.61. The standard InChI is InChI=1S/C28H24F3NO5/c1-15-5-6-18(4)22(12-15)32-24(33)14-35-19-7-8-21-23(13-19)37-27(28(29,30)31)26(25(21)34)36-20-10-16(2)9-17(3)11-20/h5-13H,14H2,1-4H3,(H,32,33). The van der Waals surface area contributed by atoms with Crippen LogP contribution in [0.5, 0.6) is 17.2 Å². The number of halogens is 3. The number of fused-ring (bicyclic) bond motifs is 1. The van der Waals surface area contributed by atoms with Crippen LogP contribution in [-0.4, -0.2) is 12.5 Å². The highest BCUT2D eigenvalue weighted by atomic mass is 19.4. The third-order valence-corrected chi connectivity index (χ3v) is 5.53. The summed E-state index contributed by atoms with van der Waals surface area (Å²) < 4.78 is 57.5. The molecule has 0 aliphatic carbocycles. The van der Waals surface area contributed by atoms with E-state index in [4.69, 9.17) is 13.9 Å². The number of hydrogen-bond donors (Lipinski definition) is 1. The van der Waals surface area contributed by atoms with Crippen molar-refractivity contribution >= 4 is 22.6 Å². The van der Waals surface area contributed by atoms with E-state index in [1.165, 1.54) is 24.3 Å². The number of rotatable bonds is 6. The van der Waals surface area contributed by atoms with E-state index in [0.717, 1.165) is 28.3 Å². The number of carbonyl (C=O) groups excluding carboxylic acids is 1. The molecule has 37 heavy (non-hydrogen) atoms. The molecule has 0 aliphatic rings. The number of carbonyl (C=O) groups is 1. The molecule has 3 aromatic carbocycles. The fourth-order valence-electron chi connectivity index (χ4n) is 3.84. The molecule has 0 saturated carbocycles. The molecule has 0 bridgehead atoms. The van der Waals surface area contributed by atoms with E-state index < -0.39 is 35.6 Å². The smallest absolute Gasteiger partial charge is 0.453 e. The Kier molecular flexibility index (Phi) is 6.98. The van der Waals surface area contributed by atoms with Crippen LogP contribution in [0.2, 0.25) is 0 Å². The Morgan fingerprint density at radius 3 is 2.27 bits per heavy atom. The van der Waals surface area contributed by atoms with Crippen LogP contribution in [0.1, 0.15) is 28.0 Å². The van der Waals surface area contributed by atoms with Crippen LogP contribution in [0.15, 0.2) is 63.8 Å². The van der Waals surface area contributed by atoms with Gasteiger partial charge in [0.05, 0.1) is 5.39 Å². The van der Waals surface area contributed by atoms with Crippen molar-refractivity contribution in [1.29, 1.82) is 0 Å². The van der Waals surface area contributed by atoms with Crippen LogP contribution >= 0.6 is 0 Å². The molecule has 0 fully saturated rings. The van der Waals surface area contributed by atoms with E-state index >= 15 is 0 Å². The first-order chi connectivity index (χ1) is 17.4. The highest BCUT2D eigenvalue weighted by molar-refractivity contribution is 5.92. The van der Waals surface area contributed by atoms with Gasteiger partial charge in [-0.1, -0.05) is 18.2 Å². The lowest BCUT2D eigenvalue weighted by atomic mass is 10.1. The summed E-state index contributed by atoms with van der Waals surface area (Å²) in [5.74, 6) is -2.82. The normalized spacial score (nSPS) is 11.4. The molecule has 4 rings (SSSR count). The molecule has 0 spiro atoms. The molecule has 0 atom stereocenters. The van der Waals surface area contributed by atoms with Gasteiger partial charge in [0.2, 0.25) is 11.2 Å². The second kappa shape index (κ2) is 10.0. The fraction of sp³-hybridized carbons (Fsp3) is 0.214. The summed E-state index contributed by atoms with van der Waals surface area (Å²) in [6.45, 7) is 6.86. The third kappa shape index (κ3) is 5.94. The van der Waals surface area contributed by atoms with Gasteiger partial charge >= 0.3 is 6.18 Å². The van der Waals surface area contributed by atoms with Gasteiger partial charge in [0.1, 0.15) is 17.1 Å². The maximum absolute atomic E-state index is 13.8. The van der Waals surface area contributed by atoms with Crippen molar-refractivity contribution in [3.05, 3.63) is 92.8 Å². The summed E-state index contributed by atoms with van der Waals surface area (Å²) in [5.41, 5.74) is 2.65. The van der Waals surface area contributed by atoms with Gasteiger partial charge in [-0.05, 0) is 80.3 Å². The number of hydrogen-bond acceptors (Lipinski definition) is 5. The highest BCUT2D eigenvalue weighted by Crippen LogP contribution is 2.39. The second-order valence-electron chi connectivity index (χ2n) is 8.83. The zero-order valence-electron chi connectivity index (χ0n) is 20.6. The van der Waals surface area contributed by atoms with Crippen LogP contribution in [-0.2, 0) is 11.0 Å². The first-order valence-electron chi connectivity index (χ1n) is 11.3. The Morgan fingerprint density at radius 2 is 1.59 bits per heavy atom. The average Bonchev–Trinajstić information content (AvgIpc) is 2.80. The number of ether oxygens (including phenoxy) is 2. The van der Waals surface area contributed by atoms with Crippen LogP contribution in [0, 0.1) is 27.7 Å². The predicted molar refractivity (Wildman–Crippen MR) is 134 cm³/mol. The Labute approximate surface area is 210 Å². The molecule has 0 unspecified atom stereocenters. The van der Waals surface area contributed by atoms with Gasteiger partial charge in [-0.25, -0.2) is 0 Å². The zero-order chi connectivity index (χ0) is 26.9. The van der Waals surface area contributed by atoms with Crippen molar-refractivity contribution < 1.29 is 31.9 Å². The van der Waals surface area contributed by atoms with Gasteiger partial charge < -0.3 is 19.2 Å². The minimum Gasteiger partial charge on any atom is -0.484 e. The van der Waals surface area contributed by atoms with Gasteiger partial charge in [-0.3, -0.25) is 9.59 Å². The number of nitrogens with one attached hydrogen (secondary N) is 1. The van der Waals surface area contributed by atoms with Gasteiger partial charge in [0.15, 0.2) is 6.61 Å². The minimum atomic E-state index is -5.00. The van der Waals surface area contributed by atoms with Crippen molar-refractivity contribution in [1.82, 2.24) is 0 Å². The van der Waals surface area contributed by atoms with Crippen LogP contribution < -0.4 is 20.2 Å². The first kappa shape index (κ1) is 25.8. The van der Waals surface area contributed by atoms with Crippen molar-refractivity contribution in [2.24, 2.45) is 0 Å². The lowest BCUT2D eigenvalue weighted by molar-refractivity contribution is -0.154. The van der Waals surface area contributed by atoms with Crippen molar-refractivity contribution in [3.8, 4) is 17.2 Å². The molecule has 1 N–H and O–H groups in total. The lowest BCUT2D eigenvalue weighted by Crippen LogP contribution is -2.20. The molecule has 1 heterocycles. The third-order valence-electron chi connectivity index (χ3n) is 5.53. The topological polar surface area (TPSA) is 77.8 Å².